The highest BCUT2D eigenvalue weighted by molar-refractivity contribution is 7.94. The summed E-state index contributed by atoms with van der Waals surface area (Å²) in [5, 5.41) is 0. The Hall–Kier alpha value is -0.770. The van der Waals surface area contributed by atoms with Crippen LogP contribution in [0.2, 0.25) is 0 Å². The molecule has 1 aromatic heterocycles. The first kappa shape index (κ1) is 8.33. The van der Waals surface area contributed by atoms with Crippen molar-refractivity contribution < 1.29 is 3.89 Å². The van der Waals surface area contributed by atoms with E-state index in [1.807, 2.05) is 6.92 Å². The number of aryl methyl sites for hydroxylation is 1. The van der Waals surface area contributed by atoms with E-state index in [2.05, 4.69) is 4.98 Å². The van der Waals surface area contributed by atoms with Gasteiger partial charge in [-0.25, -0.2) is 0 Å². The highest BCUT2D eigenvalue weighted by Crippen LogP contribution is 2.28. The lowest BCUT2D eigenvalue weighted by Gasteiger charge is -2.03. The van der Waals surface area contributed by atoms with Crippen LogP contribution < -0.4 is 5.73 Å². The number of pyridine rings is 1. The first-order valence-corrected chi connectivity index (χ1v) is 4.02. The third kappa shape index (κ3) is 1.63. The van der Waals surface area contributed by atoms with Crippen LogP contribution in [0, 0.1) is 0 Å². The maximum atomic E-state index is 12.2. The fourth-order valence-corrected chi connectivity index (χ4v) is 1.29. The predicted octanol–water partition coefficient (Wildman–Crippen LogP) is 2.20. The molecule has 1 rings (SSSR count). The average Bonchev–Trinajstić information content (AvgIpc) is 2.04. The van der Waals surface area contributed by atoms with Gasteiger partial charge in [-0.2, -0.15) is 3.89 Å². The number of aromatic nitrogens is 1. The van der Waals surface area contributed by atoms with Gasteiger partial charge in [0.15, 0.2) is 0 Å². The van der Waals surface area contributed by atoms with E-state index in [1.54, 1.807) is 6.20 Å². The van der Waals surface area contributed by atoms with Crippen LogP contribution in [-0.4, -0.2) is 4.98 Å². The van der Waals surface area contributed by atoms with Crippen LogP contribution in [0.15, 0.2) is 17.3 Å². The number of nitrogens with two attached hydrogens (primary N) is 1. The van der Waals surface area contributed by atoms with Crippen LogP contribution in [0.3, 0.4) is 0 Å². The Morgan fingerprint density at radius 2 is 2.36 bits per heavy atom. The molecule has 0 saturated carbocycles. The molecule has 0 amide bonds. The zero-order valence-corrected chi connectivity index (χ0v) is 6.99. The van der Waals surface area contributed by atoms with Crippen molar-refractivity contribution in [1.82, 2.24) is 4.98 Å². The minimum atomic E-state index is 0.182. The van der Waals surface area contributed by atoms with Crippen molar-refractivity contribution in [1.29, 1.82) is 0 Å². The lowest BCUT2D eigenvalue weighted by atomic mass is 10.2. The summed E-state index contributed by atoms with van der Waals surface area (Å²) < 4.78 is 12.2. The largest absolute Gasteiger partial charge is 0.396 e. The van der Waals surface area contributed by atoms with Crippen LogP contribution in [0.25, 0.3) is 0 Å². The summed E-state index contributed by atoms with van der Waals surface area (Å²) >= 11 is 0.182. The lowest BCUT2D eigenvalue weighted by molar-refractivity contribution is 0.924. The lowest BCUT2D eigenvalue weighted by Crippen LogP contribution is -1.93. The molecule has 0 atom stereocenters. The maximum absolute atomic E-state index is 12.2. The van der Waals surface area contributed by atoms with Gasteiger partial charge in [-0.1, -0.05) is 6.92 Å². The summed E-state index contributed by atoms with van der Waals surface area (Å²) in [5.41, 5.74) is 6.76. The first-order valence-electron chi connectivity index (χ1n) is 3.30. The Balaban J connectivity index is 3.13. The van der Waals surface area contributed by atoms with Crippen molar-refractivity contribution in [3.8, 4) is 0 Å². The Morgan fingerprint density at radius 1 is 1.64 bits per heavy atom. The van der Waals surface area contributed by atoms with Gasteiger partial charge >= 0.3 is 0 Å². The molecule has 1 heterocycles. The second-order valence-corrected chi connectivity index (χ2v) is 2.71. The van der Waals surface area contributed by atoms with Gasteiger partial charge in [0.05, 0.1) is 28.9 Å². The predicted molar refractivity (Wildman–Crippen MR) is 45.0 cm³/mol. The van der Waals surface area contributed by atoms with Crippen molar-refractivity contribution in [3.05, 3.63) is 18.0 Å². The van der Waals surface area contributed by atoms with Gasteiger partial charge in [-0.15, -0.1) is 0 Å². The van der Waals surface area contributed by atoms with Crippen molar-refractivity contribution in [3.63, 3.8) is 0 Å². The number of hydrogen-bond acceptors (Lipinski definition) is 3. The summed E-state index contributed by atoms with van der Waals surface area (Å²) in [5.74, 6) is 0. The number of hydrogen-bond donors (Lipinski definition) is 1. The SMILES string of the molecule is CCc1cncc(N)c1SF. The highest BCUT2D eigenvalue weighted by atomic mass is 32.2. The minimum Gasteiger partial charge on any atom is -0.396 e. The molecule has 11 heavy (non-hydrogen) atoms. The molecule has 0 aliphatic rings. The Bertz CT molecular complexity index is 252. The standard InChI is InChI=1S/C7H9FN2S/c1-2-5-3-10-4-6(9)7(5)11-8/h3-4H,2,9H2,1H3. The molecule has 0 spiro atoms. The summed E-state index contributed by atoms with van der Waals surface area (Å²) in [6.45, 7) is 1.94. The molecule has 0 aliphatic heterocycles. The smallest absolute Gasteiger partial charge is 0.0838 e. The van der Waals surface area contributed by atoms with Crippen LogP contribution in [0.5, 0.6) is 0 Å². The molecular weight excluding hydrogens is 163 g/mol. The molecule has 0 saturated heterocycles. The third-order valence-electron chi connectivity index (χ3n) is 1.46. The monoisotopic (exact) mass is 172 g/mol. The zero-order valence-electron chi connectivity index (χ0n) is 6.17. The van der Waals surface area contributed by atoms with Crippen molar-refractivity contribution in [2.75, 3.05) is 5.73 Å². The van der Waals surface area contributed by atoms with E-state index < -0.39 is 0 Å². The van der Waals surface area contributed by atoms with Gasteiger partial charge in [0.1, 0.15) is 0 Å². The van der Waals surface area contributed by atoms with Gasteiger partial charge in [-0.05, 0) is 12.0 Å². The van der Waals surface area contributed by atoms with Crippen molar-refractivity contribution in [2.24, 2.45) is 0 Å². The molecule has 1 aromatic rings. The molecule has 0 aliphatic carbocycles. The second-order valence-electron chi connectivity index (χ2n) is 2.15. The molecule has 0 radical (unpaired) electrons. The van der Waals surface area contributed by atoms with E-state index in [0.29, 0.717) is 10.6 Å². The quantitative estimate of drug-likeness (QED) is 0.743. The van der Waals surface area contributed by atoms with Gasteiger partial charge < -0.3 is 5.73 Å². The summed E-state index contributed by atoms with van der Waals surface area (Å²) in [6, 6.07) is 0. The van der Waals surface area contributed by atoms with Gasteiger partial charge in [0.2, 0.25) is 0 Å². The van der Waals surface area contributed by atoms with Crippen LogP contribution in [0.4, 0.5) is 9.57 Å². The molecule has 0 fully saturated rings. The van der Waals surface area contributed by atoms with Gasteiger partial charge in [0.25, 0.3) is 0 Å². The maximum Gasteiger partial charge on any atom is 0.0838 e. The number of anilines is 1. The van der Waals surface area contributed by atoms with Gasteiger partial charge in [-0.3, -0.25) is 4.98 Å². The molecule has 2 N–H and O–H groups in total. The number of nitrogen functional groups attached to an aromatic ring is 1. The Kier molecular flexibility index (Phi) is 2.70. The summed E-state index contributed by atoms with van der Waals surface area (Å²) in [4.78, 5) is 4.36. The fourth-order valence-electron chi connectivity index (χ4n) is 0.856. The number of halogens is 1. The molecule has 0 bridgehead atoms. The zero-order chi connectivity index (χ0) is 8.27. The number of nitrogens with zero attached hydrogens (tertiary/aromatic N) is 1. The molecule has 60 valence electrons. The summed E-state index contributed by atoms with van der Waals surface area (Å²) in [6.07, 6.45) is 3.85. The fraction of sp³-hybridized carbons (Fsp3) is 0.286. The Labute approximate surface area is 69.3 Å². The van der Waals surface area contributed by atoms with Crippen molar-refractivity contribution >= 4 is 17.8 Å². The van der Waals surface area contributed by atoms with E-state index in [1.165, 1.54) is 6.20 Å². The first-order chi connectivity index (χ1) is 5.29. The van der Waals surface area contributed by atoms with E-state index >= 15 is 0 Å². The molecule has 0 unspecified atom stereocenters. The van der Waals surface area contributed by atoms with E-state index in [4.69, 9.17) is 5.73 Å². The van der Waals surface area contributed by atoms with E-state index in [0.717, 1.165) is 12.0 Å². The Morgan fingerprint density at radius 3 is 2.82 bits per heavy atom. The van der Waals surface area contributed by atoms with E-state index in [9.17, 15) is 3.89 Å². The average molecular weight is 172 g/mol. The molecule has 2 nitrogen and oxygen atoms in total. The van der Waals surface area contributed by atoms with Gasteiger partial charge in [0, 0.05) is 6.20 Å². The normalized spacial score (nSPS) is 10.0. The van der Waals surface area contributed by atoms with Crippen LogP contribution >= 0.6 is 12.1 Å². The minimum absolute atomic E-state index is 0.182. The second kappa shape index (κ2) is 3.57. The van der Waals surface area contributed by atoms with Crippen LogP contribution in [0.1, 0.15) is 12.5 Å². The van der Waals surface area contributed by atoms with E-state index in [-0.39, 0.29) is 12.1 Å². The van der Waals surface area contributed by atoms with Crippen molar-refractivity contribution in [2.45, 2.75) is 18.2 Å². The van der Waals surface area contributed by atoms with Crippen LogP contribution in [-0.2, 0) is 6.42 Å². The molecular formula is C7H9FN2S. The third-order valence-corrected chi connectivity index (χ3v) is 2.11. The summed E-state index contributed by atoms with van der Waals surface area (Å²) in [7, 11) is 0. The topological polar surface area (TPSA) is 38.9 Å². The molecule has 0 aromatic carbocycles. The number of rotatable bonds is 2. The highest BCUT2D eigenvalue weighted by Gasteiger charge is 2.05. The molecule has 4 heteroatoms.